The molecule has 0 aromatic heterocycles. The van der Waals surface area contributed by atoms with E-state index >= 15 is 0 Å². The van der Waals surface area contributed by atoms with Crippen molar-refractivity contribution >= 4 is 27.5 Å². The van der Waals surface area contributed by atoms with E-state index in [4.69, 9.17) is 5.73 Å². The van der Waals surface area contributed by atoms with Gasteiger partial charge in [-0.05, 0) is 76.3 Å². The molecule has 0 fully saturated rings. The van der Waals surface area contributed by atoms with Crippen LogP contribution in [0.25, 0.3) is 11.1 Å². The zero-order chi connectivity index (χ0) is 30.0. The summed E-state index contributed by atoms with van der Waals surface area (Å²) in [6, 6.07) is 21.6. The maximum atomic E-state index is 13.8. The fourth-order valence-electron chi connectivity index (χ4n) is 5.04. The van der Waals surface area contributed by atoms with E-state index in [1.165, 1.54) is 0 Å². The molecule has 3 aromatic carbocycles. The molecule has 4 N–H and O–H groups in total. The van der Waals surface area contributed by atoms with E-state index < -0.39 is 27.1 Å². The van der Waals surface area contributed by atoms with Crippen molar-refractivity contribution in [3.8, 4) is 11.1 Å². The average Bonchev–Trinajstić information content (AvgIpc) is 2.99. The number of nitrogens with two attached hydrogens (primary N) is 1. The van der Waals surface area contributed by atoms with Crippen LogP contribution in [0, 0.1) is 0 Å². The van der Waals surface area contributed by atoms with Gasteiger partial charge in [0.2, 0.25) is 21.8 Å². The van der Waals surface area contributed by atoms with Crippen molar-refractivity contribution in [2.45, 2.75) is 82.4 Å². The molecule has 1 aliphatic rings. The van der Waals surface area contributed by atoms with Crippen LogP contribution < -0.4 is 20.7 Å². The summed E-state index contributed by atoms with van der Waals surface area (Å²) in [6.07, 6.45) is 1.27. The third-order valence-electron chi connectivity index (χ3n) is 6.72. The lowest BCUT2D eigenvalue weighted by Crippen LogP contribution is -2.49. The molecular weight excluding hydrogens is 536 g/mol. The molecule has 0 aliphatic carbocycles. The van der Waals surface area contributed by atoms with E-state index in [0.29, 0.717) is 24.9 Å². The third kappa shape index (κ3) is 7.81. The molecule has 0 bridgehead atoms. The number of hydrogen-bond donors (Lipinski definition) is 3. The van der Waals surface area contributed by atoms with Crippen molar-refractivity contribution in [2.24, 2.45) is 5.73 Å². The summed E-state index contributed by atoms with van der Waals surface area (Å²) in [7, 11) is -3.75. The number of rotatable bonds is 8. The molecule has 2 amide bonds. The van der Waals surface area contributed by atoms with Crippen molar-refractivity contribution in [1.29, 1.82) is 0 Å². The maximum Gasteiger partial charge on any atom is 0.249 e. The van der Waals surface area contributed by atoms with Gasteiger partial charge in [-0.15, -0.1) is 0 Å². The Morgan fingerprint density at radius 2 is 1.59 bits per heavy atom. The number of amides is 2. The number of para-hydroxylation sites is 1. The zero-order valence-electron chi connectivity index (χ0n) is 24.4. The highest BCUT2D eigenvalue weighted by molar-refractivity contribution is 7.89. The Morgan fingerprint density at radius 1 is 0.951 bits per heavy atom. The number of nitrogens with zero attached hydrogens (tertiary/aromatic N) is 1. The molecule has 0 spiro atoms. The standard InChI is InChI=1S/C32H40N4O4S/c1-31(2,3)35-41(39,40)28-13-9-7-11-25(28)23-16-14-22(15-17-23)21-36-27-12-8-6-10-24(27)18-19-26(30(36)38)34-29(37)20-32(4,5)33/h6-17,26,35H,18-21,33H2,1-5H3,(H,34,37)/t26-/m1/s1. The van der Waals surface area contributed by atoms with Crippen LogP contribution in [-0.2, 0) is 32.6 Å². The van der Waals surface area contributed by atoms with Crippen LogP contribution in [0.3, 0.4) is 0 Å². The summed E-state index contributed by atoms with van der Waals surface area (Å²) in [5.41, 5.74) is 8.81. The van der Waals surface area contributed by atoms with E-state index in [2.05, 4.69) is 10.0 Å². The molecule has 8 nitrogen and oxygen atoms in total. The van der Waals surface area contributed by atoms with Crippen LogP contribution in [0.2, 0.25) is 0 Å². The van der Waals surface area contributed by atoms with Crippen LogP contribution >= 0.6 is 0 Å². The fraction of sp³-hybridized carbons (Fsp3) is 0.375. The molecule has 1 atom stereocenters. The first-order chi connectivity index (χ1) is 19.1. The normalized spacial score (nSPS) is 16.2. The van der Waals surface area contributed by atoms with Gasteiger partial charge in [0.05, 0.1) is 11.4 Å². The molecule has 3 aromatic rings. The minimum Gasteiger partial charge on any atom is -0.344 e. The molecule has 0 radical (unpaired) electrons. The van der Waals surface area contributed by atoms with Crippen LogP contribution in [0.4, 0.5) is 5.69 Å². The van der Waals surface area contributed by atoms with Crippen molar-refractivity contribution in [1.82, 2.24) is 10.0 Å². The van der Waals surface area contributed by atoms with Gasteiger partial charge < -0.3 is 16.0 Å². The number of nitrogens with one attached hydrogen (secondary N) is 2. The molecule has 41 heavy (non-hydrogen) atoms. The van der Waals surface area contributed by atoms with Crippen LogP contribution in [-0.4, -0.2) is 37.4 Å². The van der Waals surface area contributed by atoms with Crippen molar-refractivity contribution in [2.75, 3.05) is 4.90 Å². The lowest BCUT2D eigenvalue weighted by atomic mass is 10.0. The third-order valence-corrected chi connectivity index (χ3v) is 8.54. The maximum absolute atomic E-state index is 13.8. The van der Waals surface area contributed by atoms with Gasteiger partial charge in [0, 0.05) is 28.7 Å². The Bertz CT molecular complexity index is 1520. The predicted octanol–water partition coefficient (Wildman–Crippen LogP) is 4.52. The zero-order valence-corrected chi connectivity index (χ0v) is 25.2. The van der Waals surface area contributed by atoms with Crippen molar-refractivity contribution < 1.29 is 18.0 Å². The summed E-state index contributed by atoms with van der Waals surface area (Å²) >= 11 is 0. The Kier molecular flexibility index (Phi) is 8.73. The number of carbonyl (C=O) groups is 2. The summed E-state index contributed by atoms with van der Waals surface area (Å²) in [6.45, 7) is 9.28. The molecule has 9 heteroatoms. The van der Waals surface area contributed by atoms with E-state index in [1.807, 2.05) is 54.6 Å². The second-order valence-electron chi connectivity index (χ2n) is 12.4. The first-order valence-electron chi connectivity index (χ1n) is 13.8. The van der Waals surface area contributed by atoms with Crippen molar-refractivity contribution in [3.05, 3.63) is 83.9 Å². The number of sulfonamides is 1. The van der Waals surface area contributed by atoms with E-state index in [0.717, 1.165) is 22.4 Å². The molecule has 1 heterocycles. The largest absolute Gasteiger partial charge is 0.344 e. The summed E-state index contributed by atoms with van der Waals surface area (Å²) < 4.78 is 29.0. The number of hydrogen-bond acceptors (Lipinski definition) is 5. The molecule has 0 unspecified atom stereocenters. The monoisotopic (exact) mass is 576 g/mol. The van der Waals surface area contributed by atoms with E-state index in [9.17, 15) is 18.0 Å². The van der Waals surface area contributed by atoms with Gasteiger partial charge in [0.25, 0.3) is 0 Å². The van der Waals surface area contributed by atoms with Gasteiger partial charge in [-0.1, -0.05) is 60.7 Å². The van der Waals surface area contributed by atoms with Gasteiger partial charge in [-0.3, -0.25) is 9.59 Å². The van der Waals surface area contributed by atoms with E-state index in [-0.39, 0.29) is 23.1 Å². The Hall–Kier alpha value is -3.53. The quantitative estimate of drug-likeness (QED) is 0.364. The highest BCUT2D eigenvalue weighted by Crippen LogP contribution is 2.31. The van der Waals surface area contributed by atoms with Gasteiger partial charge in [0.1, 0.15) is 6.04 Å². The number of benzene rings is 3. The predicted molar refractivity (Wildman–Crippen MR) is 163 cm³/mol. The lowest BCUT2D eigenvalue weighted by molar-refractivity contribution is -0.128. The molecule has 0 saturated carbocycles. The first-order valence-corrected chi connectivity index (χ1v) is 15.3. The van der Waals surface area contributed by atoms with Crippen LogP contribution in [0.15, 0.2) is 77.7 Å². The van der Waals surface area contributed by atoms with Crippen LogP contribution in [0.5, 0.6) is 0 Å². The average molecular weight is 577 g/mol. The molecule has 218 valence electrons. The molecular formula is C32H40N4O4S. The summed E-state index contributed by atoms with van der Waals surface area (Å²) in [4.78, 5) is 28.4. The topological polar surface area (TPSA) is 122 Å². The molecule has 4 rings (SSSR count). The first kappa shape index (κ1) is 30.4. The smallest absolute Gasteiger partial charge is 0.249 e. The van der Waals surface area contributed by atoms with Gasteiger partial charge >= 0.3 is 0 Å². The number of anilines is 1. The Morgan fingerprint density at radius 3 is 2.24 bits per heavy atom. The highest BCUT2D eigenvalue weighted by atomic mass is 32.2. The fourth-order valence-corrected chi connectivity index (χ4v) is 6.69. The van der Waals surface area contributed by atoms with Crippen LogP contribution in [0.1, 0.15) is 58.6 Å². The Balaban J connectivity index is 1.61. The van der Waals surface area contributed by atoms with Gasteiger partial charge in [0.15, 0.2) is 0 Å². The van der Waals surface area contributed by atoms with Gasteiger partial charge in [-0.2, -0.15) is 0 Å². The molecule has 0 saturated heterocycles. The van der Waals surface area contributed by atoms with Gasteiger partial charge in [-0.25, -0.2) is 13.1 Å². The highest BCUT2D eigenvalue weighted by Gasteiger charge is 2.32. The number of aryl methyl sites for hydroxylation is 1. The number of fused-ring (bicyclic) bond motifs is 1. The van der Waals surface area contributed by atoms with Crippen molar-refractivity contribution in [3.63, 3.8) is 0 Å². The summed E-state index contributed by atoms with van der Waals surface area (Å²) in [5.74, 6) is -0.424. The lowest BCUT2D eigenvalue weighted by Gasteiger charge is -2.27. The Labute approximate surface area is 243 Å². The number of carbonyl (C=O) groups excluding carboxylic acids is 2. The second-order valence-corrected chi connectivity index (χ2v) is 14.1. The second kappa shape index (κ2) is 11.8. The summed E-state index contributed by atoms with van der Waals surface area (Å²) in [5, 5.41) is 2.91. The SMILES string of the molecule is CC(C)(N)CC(=O)N[C@@H]1CCc2ccccc2N(Cc2ccc(-c3ccccc3S(=O)(=O)NC(C)(C)C)cc2)C1=O. The minimum atomic E-state index is -3.75. The minimum absolute atomic E-state index is 0.119. The van der Waals surface area contributed by atoms with E-state index in [1.54, 1.807) is 57.7 Å². The molecule has 1 aliphatic heterocycles.